The molecule has 0 bridgehead atoms. The van der Waals surface area contributed by atoms with Crippen LogP contribution in [0, 0.1) is 16.7 Å². The van der Waals surface area contributed by atoms with E-state index >= 15 is 0 Å². The van der Waals surface area contributed by atoms with Crippen LogP contribution in [0.5, 0.6) is 0 Å². The van der Waals surface area contributed by atoms with Gasteiger partial charge >= 0.3 is 0 Å². The van der Waals surface area contributed by atoms with Crippen molar-refractivity contribution >= 4 is 0 Å². The van der Waals surface area contributed by atoms with Crippen molar-refractivity contribution in [3.05, 3.63) is 71.8 Å². The van der Waals surface area contributed by atoms with E-state index in [1.807, 2.05) is 38.1 Å². The Morgan fingerprint density at radius 2 is 1.56 bits per heavy atom. The van der Waals surface area contributed by atoms with Gasteiger partial charge in [0.15, 0.2) is 0 Å². The van der Waals surface area contributed by atoms with Gasteiger partial charge < -0.3 is 9.47 Å². The predicted octanol–water partition coefficient (Wildman–Crippen LogP) is 5.55. The highest BCUT2D eigenvalue weighted by molar-refractivity contribution is 5.14. The molecule has 0 amide bonds. The lowest BCUT2D eigenvalue weighted by atomic mass is 9.87. The molecule has 2 rings (SSSR count). The maximum absolute atomic E-state index is 9.35. The van der Waals surface area contributed by atoms with Crippen molar-refractivity contribution in [2.45, 2.75) is 52.2 Å². The number of rotatable bonds is 12. The van der Waals surface area contributed by atoms with E-state index in [4.69, 9.17) is 9.47 Å². The lowest BCUT2D eigenvalue weighted by Crippen LogP contribution is -2.22. The summed E-state index contributed by atoms with van der Waals surface area (Å²) < 4.78 is 11.9. The molecule has 0 aliphatic carbocycles. The Morgan fingerprint density at radius 1 is 0.926 bits per heavy atom. The molecule has 0 saturated carbocycles. The first-order valence-corrected chi connectivity index (χ1v) is 9.77. The number of hydrogen-bond acceptors (Lipinski definition) is 3. The largest absolute Gasteiger partial charge is 0.381 e. The topological polar surface area (TPSA) is 42.2 Å². The van der Waals surface area contributed by atoms with Gasteiger partial charge in [0.2, 0.25) is 0 Å². The lowest BCUT2D eigenvalue weighted by molar-refractivity contribution is 0.00748. The van der Waals surface area contributed by atoms with Crippen LogP contribution >= 0.6 is 0 Å². The summed E-state index contributed by atoms with van der Waals surface area (Å²) in [5, 5.41) is 9.35. The van der Waals surface area contributed by atoms with E-state index < -0.39 is 0 Å². The molecule has 2 aromatic rings. The molecule has 0 spiro atoms. The molecule has 1 unspecified atom stereocenters. The Labute approximate surface area is 163 Å². The summed E-state index contributed by atoms with van der Waals surface area (Å²) in [5.74, 6) is 0. The fourth-order valence-corrected chi connectivity index (χ4v) is 3.00. The van der Waals surface area contributed by atoms with Crippen molar-refractivity contribution in [3.8, 4) is 6.07 Å². The SMILES string of the molecule is CC(C)(C#N)CC(CCCOCCc1ccccc1)OCc1ccccc1. The molecule has 1 atom stereocenters. The van der Waals surface area contributed by atoms with Crippen molar-refractivity contribution in [2.75, 3.05) is 13.2 Å². The monoisotopic (exact) mass is 365 g/mol. The van der Waals surface area contributed by atoms with Gasteiger partial charge in [-0.1, -0.05) is 60.7 Å². The number of benzene rings is 2. The van der Waals surface area contributed by atoms with Gasteiger partial charge in [-0.2, -0.15) is 5.26 Å². The van der Waals surface area contributed by atoms with Crippen molar-refractivity contribution in [3.63, 3.8) is 0 Å². The van der Waals surface area contributed by atoms with E-state index in [9.17, 15) is 5.26 Å². The number of nitriles is 1. The Balaban J connectivity index is 1.71. The van der Waals surface area contributed by atoms with Gasteiger partial charge in [0.05, 0.1) is 30.8 Å². The molecule has 27 heavy (non-hydrogen) atoms. The zero-order valence-electron chi connectivity index (χ0n) is 16.6. The van der Waals surface area contributed by atoms with Gasteiger partial charge in [-0.15, -0.1) is 0 Å². The van der Waals surface area contributed by atoms with E-state index in [1.165, 1.54) is 5.56 Å². The first kappa shape index (κ1) is 21.2. The summed E-state index contributed by atoms with van der Waals surface area (Å²) in [4.78, 5) is 0. The van der Waals surface area contributed by atoms with E-state index in [1.54, 1.807) is 0 Å². The molecule has 0 saturated heterocycles. The zero-order valence-corrected chi connectivity index (χ0v) is 16.6. The van der Waals surface area contributed by atoms with Crippen LogP contribution in [0.4, 0.5) is 0 Å². The summed E-state index contributed by atoms with van der Waals surface area (Å²) in [6.07, 6.45) is 3.59. The maximum atomic E-state index is 9.35. The molecule has 0 aliphatic rings. The summed E-state index contributed by atoms with van der Waals surface area (Å²) in [6, 6.07) is 23.0. The molecular formula is C24H31NO2. The normalized spacial score (nSPS) is 12.5. The number of hydrogen-bond donors (Lipinski definition) is 0. The fraction of sp³-hybridized carbons (Fsp3) is 0.458. The van der Waals surface area contributed by atoms with Crippen LogP contribution in [0.15, 0.2) is 60.7 Å². The number of ether oxygens (including phenoxy) is 2. The third-order valence-corrected chi connectivity index (χ3v) is 4.56. The minimum Gasteiger partial charge on any atom is -0.381 e. The highest BCUT2D eigenvalue weighted by Gasteiger charge is 2.23. The van der Waals surface area contributed by atoms with Crippen LogP contribution in [0.2, 0.25) is 0 Å². The Kier molecular flexibility index (Phi) is 9.04. The Bertz CT molecular complexity index is 677. The van der Waals surface area contributed by atoms with Gasteiger partial charge in [0.25, 0.3) is 0 Å². The van der Waals surface area contributed by atoms with Crippen molar-refractivity contribution in [1.82, 2.24) is 0 Å². The molecule has 0 radical (unpaired) electrons. The van der Waals surface area contributed by atoms with Crippen molar-refractivity contribution < 1.29 is 9.47 Å². The summed E-state index contributed by atoms with van der Waals surface area (Å²) in [5.41, 5.74) is 2.09. The zero-order chi connectivity index (χ0) is 19.4. The maximum Gasteiger partial charge on any atom is 0.0720 e. The summed E-state index contributed by atoms with van der Waals surface area (Å²) in [7, 11) is 0. The van der Waals surface area contributed by atoms with E-state index in [2.05, 4.69) is 42.5 Å². The van der Waals surface area contributed by atoms with Crippen LogP contribution < -0.4 is 0 Å². The average molecular weight is 366 g/mol. The smallest absolute Gasteiger partial charge is 0.0720 e. The highest BCUT2D eigenvalue weighted by atomic mass is 16.5. The second kappa shape index (κ2) is 11.5. The molecular weight excluding hydrogens is 334 g/mol. The first-order chi connectivity index (χ1) is 13.1. The van der Waals surface area contributed by atoms with Crippen LogP contribution in [-0.4, -0.2) is 19.3 Å². The van der Waals surface area contributed by atoms with Gasteiger partial charge in [-0.3, -0.25) is 0 Å². The second-order valence-corrected chi connectivity index (χ2v) is 7.61. The Morgan fingerprint density at radius 3 is 2.19 bits per heavy atom. The molecule has 144 valence electrons. The standard InChI is InChI=1S/C24H31NO2/c1-24(2,20-25)18-23(27-19-22-12-7-4-8-13-22)14-9-16-26-17-15-21-10-5-3-6-11-21/h3-8,10-13,23H,9,14-19H2,1-2H3. The quantitative estimate of drug-likeness (QED) is 0.463. The minimum atomic E-state index is -0.379. The van der Waals surface area contributed by atoms with E-state index in [0.717, 1.165) is 44.5 Å². The molecule has 3 heteroatoms. The van der Waals surface area contributed by atoms with Crippen LogP contribution in [0.3, 0.4) is 0 Å². The highest BCUT2D eigenvalue weighted by Crippen LogP contribution is 2.25. The van der Waals surface area contributed by atoms with Crippen molar-refractivity contribution in [1.29, 1.82) is 5.26 Å². The van der Waals surface area contributed by atoms with E-state index in [0.29, 0.717) is 6.61 Å². The van der Waals surface area contributed by atoms with Crippen LogP contribution in [0.1, 0.15) is 44.2 Å². The third-order valence-electron chi connectivity index (χ3n) is 4.56. The summed E-state index contributed by atoms with van der Waals surface area (Å²) in [6.45, 7) is 6.00. The van der Waals surface area contributed by atoms with Gasteiger partial charge in [0.1, 0.15) is 0 Å². The van der Waals surface area contributed by atoms with Gasteiger partial charge in [-0.05, 0) is 50.7 Å². The predicted molar refractivity (Wildman–Crippen MR) is 109 cm³/mol. The van der Waals surface area contributed by atoms with E-state index in [-0.39, 0.29) is 11.5 Å². The molecule has 0 fully saturated rings. The van der Waals surface area contributed by atoms with Crippen LogP contribution in [-0.2, 0) is 22.5 Å². The molecule has 0 heterocycles. The lowest BCUT2D eigenvalue weighted by Gasteiger charge is -2.24. The number of nitrogens with zero attached hydrogens (tertiary/aromatic N) is 1. The van der Waals surface area contributed by atoms with Crippen LogP contribution in [0.25, 0.3) is 0 Å². The molecule has 0 N–H and O–H groups in total. The Hall–Kier alpha value is -2.15. The average Bonchev–Trinajstić information content (AvgIpc) is 2.70. The molecule has 0 aliphatic heterocycles. The van der Waals surface area contributed by atoms with Crippen molar-refractivity contribution in [2.24, 2.45) is 5.41 Å². The van der Waals surface area contributed by atoms with Gasteiger partial charge in [0, 0.05) is 6.61 Å². The molecule has 2 aromatic carbocycles. The minimum absolute atomic E-state index is 0.0672. The molecule has 3 nitrogen and oxygen atoms in total. The fourth-order valence-electron chi connectivity index (χ4n) is 3.00. The van der Waals surface area contributed by atoms with Gasteiger partial charge in [-0.25, -0.2) is 0 Å². The molecule has 0 aromatic heterocycles. The first-order valence-electron chi connectivity index (χ1n) is 9.77. The second-order valence-electron chi connectivity index (χ2n) is 7.61. The third kappa shape index (κ3) is 8.86. The summed E-state index contributed by atoms with van der Waals surface area (Å²) >= 11 is 0.